The first-order chi connectivity index (χ1) is 17.3. The Morgan fingerprint density at radius 3 is 2.32 bits per heavy atom. The molecule has 2 heterocycles. The van der Waals surface area contributed by atoms with Crippen LogP contribution in [0.1, 0.15) is 55.8 Å². The maximum atomic E-state index is 13.5. The highest BCUT2D eigenvalue weighted by Gasteiger charge is 2.44. The third-order valence-corrected chi connectivity index (χ3v) is 6.66. The van der Waals surface area contributed by atoms with E-state index in [-0.39, 0.29) is 30.2 Å². The minimum Gasteiger partial charge on any atom is -0.396 e. The molecule has 1 amide bonds. The fourth-order valence-electron chi connectivity index (χ4n) is 4.65. The van der Waals surface area contributed by atoms with Crippen molar-refractivity contribution in [2.24, 2.45) is 5.92 Å². The molecule has 1 saturated carbocycles. The lowest BCUT2D eigenvalue weighted by Gasteiger charge is -2.25. The standard InChI is InChI=1S/C18H15F7N4O.C7H14/c19-13-7-27-10(6-14(13)26)8-28-4-5-29(16(30)18(23,24)25)9-11-12(17(20,21)22)2-1-3-15(11)28;1-2-7-5-3-4-6-7/h1-3,6-7H,4-5,8-9H2,(H2,26,27);7H,2-6H2,1H3. The molecule has 2 aliphatic rings. The first-order valence-electron chi connectivity index (χ1n) is 12.0. The highest BCUT2D eigenvalue weighted by molar-refractivity contribution is 5.82. The minimum absolute atomic E-state index is 0.00648. The first kappa shape index (κ1) is 28.5. The van der Waals surface area contributed by atoms with Crippen molar-refractivity contribution in [2.75, 3.05) is 23.7 Å². The lowest BCUT2D eigenvalue weighted by Crippen LogP contribution is -2.42. The molecule has 2 N–H and O–H groups in total. The first-order valence-corrected chi connectivity index (χ1v) is 12.0. The summed E-state index contributed by atoms with van der Waals surface area (Å²) >= 11 is 0. The SMILES string of the molecule is CCC1CCCC1.Nc1cc(CN2CCN(C(=O)C(F)(F)F)Cc3c2cccc3C(F)(F)F)ncc1F. The fraction of sp³-hybridized carbons (Fsp3) is 0.520. The smallest absolute Gasteiger partial charge is 0.396 e. The van der Waals surface area contributed by atoms with Gasteiger partial charge in [0.2, 0.25) is 0 Å². The van der Waals surface area contributed by atoms with Crippen molar-refractivity contribution < 1.29 is 35.5 Å². The Hall–Kier alpha value is -3.05. The van der Waals surface area contributed by atoms with E-state index in [0.29, 0.717) is 4.90 Å². The Bertz CT molecular complexity index is 1080. The van der Waals surface area contributed by atoms with Crippen LogP contribution in [0.25, 0.3) is 0 Å². The van der Waals surface area contributed by atoms with E-state index in [1.54, 1.807) is 0 Å². The molecule has 1 aliphatic carbocycles. The number of nitrogens with zero attached hydrogens (tertiary/aromatic N) is 3. The van der Waals surface area contributed by atoms with Gasteiger partial charge in [-0.1, -0.05) is 45.1 Å². The van der Waals surface area contributed by atoms with Gasteiger partial charge in [-0.15, -0.1) is 0 Å². The second-order valence-corrected chi connectivity index (χ2v) is 9.20. The van der Waals surface area contributed by atoms with Crippen LogP contribution in [0.5, 0.6) is 0 Å². The van der Waals surface area contributed by atoms with E-state index in [0.717, 1.165) is 24.2 Å². The zero-order valence-electron chi connectivity index (χ0n) is 20.3. The molecule has 0 spiro atoms. The summed E-state index contributed by atoms with van der Waals surface area (Å²) in [6.07, 6.45) is -1.79. The largest absolute Gasteiger partial charge is 0.471 e. The molecule has 0 bridgehead atoms. The van der Waals surface area contributed by atoms with Gasteiger partial charge in [-0.2, -0.15) is 26.3 Å². The summed E-state index contributed by atoms with van der Waals surface area (Å²) < 4.78 is 92.6. The predicted octanol–water partition coefficient (Wildman–Crippen LogP) is 6.32. The van der Waals surface area contributed by atoms with Crippen LogP contribution in [0.4, 0.5) is 42.1 Å². The average Bonchev–Trinajstić information content (AvgIpc) is 3.29. The number of rotatable bonds is 3. The molecular formula is C25H29F7N4O. The molecule has 4 rings (SSSR count). The van der Waals surface area contributed by atoms with E-state index in [1.165, 1.54) is 49.1 Å². The van der Waals surface area contributed by atoms with Gasteiger partial charge in [-0.25, -0.2) is 4.39 Å². The Balaban J connectivity index is 0.000000468. The average molecular weight is 535 g/mol. The van der Waals surface area contributed by atoms with Crippen molar-refractivity contribution in [3.63, 3.8) is 0 Å². The lowest BCUT2D eigenvalue weighted by molar-refractivity contribution is -0.186. The van der Waals surface area contributed by atoms with Crippen molar-refractivity contribution in [3.05, 3.63) is 53.1 Å². The van der Waals surface area contributed by atoms with Crippen LogP contribution in [0, 0.1) is 11.7 Å². The van der Waals surface area contributed by atoms with E-state index < -0.39 is 48.3 Å². The number of hydrogen-bond donors (Lipinski definition) is 1. The van der Waals surface area contributed by atoms with E-state index in [4.69, 9.17) is 5.73 Å². The number of benzene rings is 1. The third-order valence-electron chi connectivity index (χ3n) is 6.66. The van der Waals surface area contributed by atoms with Crippen LogP contribution in [-0.4, -0.2) is 35.1 Å². The van der Waals surface area contributed by atoms with E-state index in [9.17, 15) is 35.5 Å². The Labute approximate surface area is 210 Å². The number of carbonyl (C=O) groups excluding carboxylic acids is 1. The van der Waals surface area contributed by atoms with Crippen molar-refractivity contribution in [2.45, 2.75) is 64.5 Å². The number of nitrogens with two attached hydrogens (primary N) is 1. The normalized spacial score (nSPS) is 16.6. The third kappa shape index (κ3) is 7.26. The number of carbonyl (C=O) groups is 1. The van der Waals surface area contributed by atoms with Crippen LogP contribution >= 0.6 is 0 Å². The molecule has 204 valence electrons. The molecule has 2 aromatic rings. The van der Waals surface area contributed by atoms with Crippen LogP contribution in [0.3, 0.4) is 0 Å². The summed E-state index contributed by atoms with van der Waals surface area (Å²) in [7, 11) is 0. The van der Waals surface area contributed by atoms with Crippen molar-refractivity contribution in [3.8, 4) is 0 Å². The zero-order valence-corrected chi connectivity index (χ0v) is 20.3. The minimum atomic E-state index is -5.23. The monoisotopic (exact) mass is 534 g/mol. The van der Waals surface area contributed by atoms with E-state index in [1.807, 2.05) is 0 Å². The summed E-state index contributed by atoms with van der Waals surface area (Å²) in [6.45, 7) is 0.623. The van der Waals surface area contributed by atoms with E-state index >= 15 is 0 Å². The molecule has 12 heteroatoms. The molecule has 1 aromatic heterocycles. The van der Waals surface area contributed by atoms with Crippen LogP contribution in [0.15, 0.2) is 30.5 Å². The number of amides is 1. The summed E-state index contributed by atoms with van der Waals surface area (Å²) in [6, 6.07) is 4.38. The van der Waals surface area contributed by atoms with Gasteiger partial charge in [0.1, 0.15) is 0 Å². The van der Waals surface area contributed by atoms with Gasteiger partial charge >= 0.3 is 18.3 Å². The van der Waals surface area contributed by atoms with Gasteiger partial charge in [0.05, 0.1) is 29.7 Å². The molecule has 37 heavy (non-hydrogen) atoms. The Morgan fingerprint density at radius 1 is 1.11 bits per heavy atom. The molecule has 0 unspecified atom stereocenters. The number of aromatic nitrogens is 1. The predicted molar refractivity (Wildman–Crippen MR) is 125 cm³/mol. The molecule has 5 nitrogen and oxygen atoms in total. The fourth-order valence-corrected chi connectivity index (χ4v) is 4.65. The van der Waals surface area contributed by atoms with Gasteiger partial charge < -0.3 is 15.5 Å². The summed E-state index contributed by atoms with van der Waals surface area (Å²) in [5, 5.41) is 0. The van der Waals surface area contributed by atoms with Crippen molar-refractivity contribution in [1.82, 2.24) is 9.88 Å². The number of pyridine rings is 1. The zero-order chi connectivity index (χ0) is 27.4. The van der Waals surface area contributed by atoms with Gasteiger partial charge in [-0.3, -0.25) is 9.78 Å². The Morgan fingerprint density at radius 2 is 1.78 bits per heavy atom. The summed E-state index contributed by atoms with van der Waals surface area (Å²) in [5.74, 6) is -1.91. The maximum Gasteiger partial charge on any atom is 0.471 e. The highest BCUT2D eigenvalue weighted by Crippen LogP contribution is 2.39. The van der Waals surface area contributed by atoms with Crippen molar-refractivity contribution >= 4 is 17.3 Å². The summed E-state index contributed by atoms with van der Waals surface area (Å²) in [5.41, 5.74) is 3.86. The number of hydrogen-bond acceptors (Lipinski definition) is 4. The second kappa shape index (κ2) is 11.6. The topological polar surface area (TPSA) is 62.5 Å². The molecular weight excluding hydrogens is 505 g/mol. The van der Waals surface area contributed by atoms with E-state index in [2.05, 4.69) is 11.9 Å². The van der Waals surface area contributed by atoms with Crippen LogP contribution < -0.4 is 10.6 Å². The number of halogens is 7. The van der Waals surface area contributed by atoms with Gasteiger partial charge in [-0.05, 0) is 24.1 Å². The second-order valence-electron chi connectivity index (χ2n) is 9.20. The lowest BCUT2D eigenvalue weighted by atomic mass is 10.0. The number of anilines is 2. The summed E-state index contributed by atoms with van der Waals surface area (Å²) in [4.78, 5) is 17.2. The quantitative estimate of drug-likeness (QED) is 0.469. The maximum absolute atomic E-state index is 13.5. The molecule has 1 aromatic carbocycles. The highest BCUT2D eigenvalue weighted by atomic mass is 19.4. The van der Waals surface area contributed by atoms with Crippen LogP contribution in [-0.2, 0) is 24.1 Å². The molecule has 0 atom stereocenters. The van der Waals surface area contributed by atoms with Crippen LogP contribution in [0.2, 0.25) is 0 Å². The number of fused-ring (bicyclic) bond motifs is 1. The molecule has 0 radical (unpaired) electrons. The van der Waals surface area contributed by atoms with Gasteiger partial charge in [0, 0.05) is 30.9 Å². The Kier molecular flexibility index (Phi) is 8.91. The molecule has 1 fully saturated rings. The molecule has 0 saturated heterocycles. The number of alkyl halides is 6. The number of nitrogen functional groups attached to an aromatic ring is 1. The van der Waals surface area contributed by atoms with Crippen molar-refractivity contribution in [1.29, 1.82) is 0 Å². The van der Waals surface area contributed by atoms with Gasteiger partial charge in [0.25, 0.3) is 0 Å². The van der Waals surface area contributed by atoms with Gasteiger partial charge in [0.15, 0.2) is 5.82 Å². The molecule has 1 aliphatic heterocycles.